The second-order valence-electron chi connectivity index (χ2n) is 10.9. The summed E-state index contributed by atoms with van der Waals surface area (Å²) in [7, 11) is 0. The molecule has 2 amide bonds. The molecule has 0 radical (unpaired) electrons. The van der Waals surface area contributed by atoms with Gasteiger partial charge in [-0.15, -0.1) is 0 Å². The molecule has 226 valence electrons. The maximum absolute atomic E-state index is 12.4. The van der Waals surface area contributed by atoms with Gasteiger partial charge in [0.25, 0.3) is 11.8 Å². The van der Waals surface area contributed by atoms with Crippen LogP contribution >= 0.6 is 0 Å². The lowest BCUT2D eigenvalue weighted by atomic mass is 9.98. The van der Waals surface area contributed by atoms with Crippen LogP contribution in [0.25, 0.3) is 12.2 Å². The average Bonchev–Trinajstić information content (AvgIpc) is 3.59. The molecule has 10 heteroatoms. The smallest absolute Gasteiger partial charge is 0.303 e. The minimum Gasteiger partial charge on any atom is -0.481 e. The number of carbonyl (C=O) groups excluding carboxylic acids is 2. The molecule has 0 fully saturated rings. The number of H-pyrrole nitrogens is 1. The molecule has 0 unspecified atom stereocenters. The van der Waals surface area contributed by atoms with E-state index in [1.54, 1.807) is 6.92 Å². The molecule has 3 aliphatic rings. The van der Waals surface area contributed by atoms with Crippen LogP contribution in [0, 0.1) is 6.92 Å². The fraction of sp³-hybridized carbons (Fsp3) is 0.364. The van der Waals surface area contributed by atoms with E-state index in [0.717, 1.165) is 44.7 Å². The number of aliphatic imine (C=N–C) groups is 1. The van der Waals surface area contributed by atoms with Crippen LogP contribution in [-0.4, -0.2) is 44.7 Å². The van der Waals surface area contributed by atoms with E-state index >= 15 is 0 Å². The first-order chi connectivity index (χ1) is 20.4. The van der Waals surface area contributed by atoms with Crippen molar-refractivity contribution in [3.05, 3.63) is 79.1 Å². The number of aliphatic carboxylic acids is 2. The number of rotatable bonds is 11. The van der Waals surface area contributed by atoms with Crippen molar-refractivity contribution in [3.8, 4) is 0 Å². The van der Waals surface area contributed by atoms with E-state index in [-0.39, 0.29) is 37.5 Å². The fourth-order valence-corrected chi connectivity index (χ4v) is 5.76. The van der Waals surface area contributed by atoms with Gasteiger partial charge in [-0.05, 0) is 105 Å². The van der Waals surface area contributed by atoms with Gasteiger partial charge in [-0.25, -0.2) is 4.99 Å². The highest BCUT2D eigenvalue weighted by Crippen LogP contribution is 2.35. The summed E-state index contributed by atoms with van der Waals surface area (Å²) in [5.74, 6) is -2.12. The van der Waals surface area contributed by atoms with E-state index in [1.807, 2.05) is 52.8 Å². The van der Waals surface area contributed by atoms with Crippen LogP contribution in [0.3, 0.4) is 0 Å². The summed E-state index contributed by atoms with van der Waals surface area (Å²) >= 11 is 0. The third kappa shape index (κ3) is 6.38. The zero-order chi connectivity index (χ0) is 31.6. The third-order valence-corrected chi connectivity index (χ3v) is 8.32. The summed E-state index contributed by atoms with van der Waals surface area (Å²) in [6.45, 7) is 11.4. The zero-order valence-electron chi connectivity index (χ0n) is 25.4. The second kappa shape index (κ2) is 12.6. The number of carboxylic acids is 2. The first-order valence-electron chi connectivity index (χ1n) is 14.5. The van der Waals surface area contributed by atoms with E-state index in [4.69, 9.17) is 4.99 Å². The number of allylic oxidation sites excluding steroid dienone is 5. The van der Waals surface area contributed by atoms with Crippen molar-refractivity contribution in [1.82, 2.24) is 15.6 Å². The van der Waals surface area contributed by atoms with Crippen LogP contribution in [0.1, 0.15) is 89.2 Å². The van der Waals surface area contributed by atoms with Gasteiger partial charge in [0.2, 0.25) is 0 Å². The molecule has 0 spiro atoms. The van der Waals surface area contributed by atoms with Crippen LogP contribution in [0.2, 0.25) is 0 Å². The van der Waals surface area contributed by atoms with Gasteiger partial charge < -0.3 is 25.8 Å². The Balaban J connectivity index is 1.84. The van der Waals surface area contributed by atoms with E-state index in [2.05, 4.69) is 15.6 Å². The molecule has 0 atom stereocenters. The van der Waals surface area contributed by atoms with Crippen LogP contribution in [-0.2, 0) is 25.6 Å². The van der Waals surface area contributed by atoms with Crippen molar-refractivity contribution in [2.45, 2.75) is 80.1 Å². The van der Waals surface area contributed by atoms with E-state index < -0.39 is 11.9 Å². The summed E-state index contributed by atoms with van der Waals surface area (Å²) in [4.78, 5) is 56.0. The van der Waals surface area contributed by atoms with Crippen molar-refractivity contribution in [2.24, 2.45) is 4.99 Å². The molecule has 0 saturated carbocycles. The van der Waals surface area contributed by atoms with Gasteiger partial charge in [0.05, 0.1) is 11.4 Å². The topological polar surface area (TPSA) is 161 Å². The van der Waals surface area contributed by atoms with E-state index in [9.17, 15) is 29.4 Å². The first-order valence-corrected chi connectivity index (χ1v) is 14.5. The molecule has 4 rings (SSSR count). The number of hydrogen-bond donors (Lipinski definition) is 5. The molecule has 10 nitrogen and oxygen atoms in total. The summed E-state index contributed by atoms with van der Waals surface area (Å²) in [5.41, 5.74) is 10.4. The monoisotopic (exact) mass is 586 g/mol. The molecule has 0 aliphatic carbocycles. The predicted octanol–water partition coefficient (Wildman–Crippen LogP) is 5.25. The Bertz CT molecular complexity index is 1660. The first kappa shape index (κ1) is 31.2. The highest BCUT2D eigenvalue weighted by molar-refractivity contribution is 6.14. The minimum atomic E-state index is -0.929. The molecular formula is C33H38N4O6. The Morgan fingerprint density at radius 2 is 1.35 bits per heavy atom. The van der Waals surface area contributed by atoms with Crippen LogP contribution < -0.4 is 10.6 Å². The van der Waals surface area contributed by atoms with E-state index in [0.29, 0.717) is 46.9 Å². The zero-order valence-corrected chi connectivity index (χ0v) is 25.4. The number of aromatic nitrogens is 1. The highest BCUT2D eigenvalue weighted by atomic mass is 16.4. The number of aromatic amines is 1. The molecular weight excluding hydrogens is 548 g/mol. The van der Waals surface area contributed by atoms with Gasteiger partial charge in [-0.2, -0.15) is 0 Å². The van der Waals surface area contributed by atoms with Gasteiger partial charge in [-0.1, -0.05) is 13.8 Å². The van der Waals surface area contributed by atoms with Crippen LogP contribution in [0.4, 0.5) is 0 Å². The summed E-state index contributed by atoms with van der Waals surface area (Å²) < 4.78 is 0. The van der Waals surface area contributed by atoms with E-state index in [1.165, 1.54) is 0 Å². The highest BCUT2D eigenvalue weighted by Gasteiger charge is 2.27. The van der Waals surface area contributed by atoms with Gasteiger partial charge in [0, 0.05) is 46.8 Å². The van der Waals surface area contributed by atoms with Gasteiger partial charge in [0.15, 0.2) is 0 Å². The summed E-state index contributed by atoms with van der Waals surface area (Å²) in [6.07, 6.45) is 7.17. The normalized spacial score (nSPS) is 19.9. The molecule has 0 saturated heterocycles. The second-order valence-corrected chi connectivity index (χ2v) is 10.9. The molecule has 0 bridgehead atoms. The molecule has 1 aromatic rings. The average molecular weight is 587 g/mol. The molecule has 3 aliphatic heterocycles. The third-order valence-electron chi connectivity index (χ3n) is 8.32. The molecule has 1 aromatic heterocycles. The number of carboxylic acid groups (broad SMARTS) is 2. The fourth-order valence-electron chi connectivity index (χ4n) is 5.76. The van der Waals surface area contributed by atoms with Crippen molar-refractivity contribution < 1.29 is 29.4 Å². The van der Waals surface area contributed by atoms with Gasteiger partial charge in [-0.3, -0.25) is 19.2 Å². The Labute approximate surface area is 250 Å². The van der Waals surface area contributed by atoms with Crippen LogP contribution in [0.5, 0.6) is 0 Å². The predicted molar refractivity (Wildman–Crippen MR) is 165 cm³/mol. The van der Waals surface area contributed by atoms with Crippen molar-refractivity contribution in [3.63, 3.8) is 0 Å². The van der Waals surface area contributed by atoms with Crippen LogP contribution in [0.15, 0.2) is 61.6 Å². The molecule has 5 N–H and O–H groups in total. The summed E-state index contributed by atoms with van der Waals surface area (Å²) in [6, 6.07) is 0. The lowest BCUT2D eigenvalue weighted by molar-refractivity contribution is -0.138. The van der Waals surface area contributed by atoms with Gasteiger partial charge in [0.1, 0.15) is 0 Å². The maximum atomic E-state index is 12.4. The lowest BCUT2D eigenvalue weighted by Crippen LogP contribution is -2.17. The Morgan fingerprint density at radius 3 is 1.95 bits per heavy atom. The number of nitrogens with one attached hydrogen (secondary N) is 3. The molecule has 0 aromatic carbocycles. The van der Waals surface area contributed by atoms with Crippen molar-refractivity contribution >= 4 is 41.6 Å². The molecule has 43 heavy (non-hydrogen) atoms. The number of nitrogens with zero attached hydrogens (tertiary/aromatic N) is 1. The van der Waals surface area contributed by atoms with Gasteiger partial charge >= 0.3 is 11.9 Å². The summed E-state index contributed by atoms with van der Waals surface area (Å²) in [5, 5.41) is 24.7. The largest absolute Gasteiger partial charge is 0.481 e. The number of hydrogen-bond acceptors (Lipinski definition) is 5. The maximum Gasteiger partial charge on any atom is 0.303 e. The lowest BCUT2D eigenvalue weighted by Gasteiger charge is -2.06. The Hall–Kier alpha value is -4.73. The Kier molecular flexibility index (Phi) is 9.18. The SMILES string of the molecule is CCC1=C(C)/C(=C\C2=NC(=C/c3[nH]c(/C=C4/NC(=O)C(C)=C4CC)c(C)c3CCC(=O)O)/C(CCC(=O)O)=C2C)NC1=O. The quantitative estimate of drug-likeness (QED) is 0.238. The Morgan fingerprint density at radius 1 is 0.721 bits per heavy atom. The number of amides is 2. The molecule has 4 heterocycles. The van der Waals surface area contributed by atoms with Crippen molar-refractivity contribution in [1.29, 1.82) is 0 Å². The number of carbonyl (C=O) groups is 4. The van der Waals surface area contributed by atoms with Crippen molar-refractivity contribution in [2.75, 3.05) is 0 Å². The minimum absolute atomic E-state index is 0.0761. The standard InChI is InChI=1S/C33H38N4O6/c1-7-20-19(6)32(42)37-27(20)14-25-18(5)23(10-12-31(40)41)29(35-25)15-28-22(9-11-30(38)39)17(4)24(34-28)13-26-16(3)21(8-2)33(43)36-26/h13-15,35H,7-12H2,1-6H3,(H,36,43)(H,37,42)(H,38,39)(H,40,41)/b26-13+,27-14+,28-15+.